The summed E-state index contributed by atoms with van der Waals surface area (Å²) in [6, 6.07) is 3.88. The predicted molar refractivity (Wildman–Crippen MR) is 90.7 cm³/mol. The second kappa shape index (κ2) is 6.35. The summed E-state index contributed by atoms with van der Waals surface area (Å²) in [7, 11) is 0. The third-order valence-corrected chi connectivity index (χ3v) is 5.95. The highest BCUT2D eigenvalue weighted by Crippen LogP contribution is 2.36. The van der Waals surface area contributed by atoms with Crippen LogP contribution in [0.1, 0.15) is 25.7 Å². The number of amidine groups is 1. The van der Waals surface area contributed by atoms with E-state index in [2.05, 4.69) is 5.32 Å². The molecule has 6 heteroatoms. The molecule has 0 saturated heterocycles. The lowest BCUT2D eigenvalue weighted by Gasteiger charge is -2.32. The highest BCUT2D eigenvalue weighted by molar-refractivity contribution is 8.14. The monoisotopic (exact) mass is 348 g/mol. The Morgan fingerprint density at radius 2 is 1.80 bits per heavy atom. The van der Waals surface area contributed by atoms with Gasteiger partial charge in [-0.3, -0.25) is 4.99 Å². The Kier molecular flexibility index (Phi) is 4.71. The first-order chi connectivity index (χ1) is 9.63. The maximum Gasteiger partial charge on any atom is 0.161 e. The Hall–Kier alpha value is -0.0900. The Morgan fingerprint density at radius 1 is 1.05 bits per heavy atom. The highest BCUT2D eigenvalue weighted by Gasteiger charge is 2.29. The second-order valence-corrected chi connectivity index (χ2v) is 7.46. The van der Waals surface area contributed by atoms with Crippen LogP contribution in [-0.4, -0.2) is 17.0 Å². The van der Waals surface area contributed by atoms with Crippen molar-refractivity contribution in [1.82, 2.24) is 0 Å². The minimum Gasteiger partial charge on any atom is -0.334 e. The van der Waals surface area contributed by atoms with Gasteiger partial charge in [-0.15, -0.1) is 0 Å². The number of fused-ring (bicyclic) bond motifs is 1. The van der Waals surface area contributed by atoms with Gasteiger partial charge < -0.3 is 5.32 Å². The van der Waals surface area contributed by atoms with Crippen LogP contribution in [0.2, 0.25) is 15.1 Å². The number of nitrogens with zero attached hydrogens (tertiary/aromatic N) is 1. The number of aliphatic imine (C=N–C) groups is 1. The van der Waals surface area contributed by atoms with Crippen molar-refractivity contribution in [3.63, 3.8) is 0 Å². The van der Waals surface area contributed by atoms with Crippen LogP contribution in [-0.2, 0) is 0 Å². The van der Waals surface area contributed by atoms with Crippen LogP contribution >= 0.6 is 46.6 Å². The molecule has 1 aromatic rings. The Morgan fingerprint density at radius 3 is 2.65 bits per heavy atom. The Labute approximate surface area is 138 Å². The van der Waals surface area contributed by atoms with E-state index in [4.69, 9.17) is 39.8 Å². The summed E-state index contributed by atoms with van der Waals surface area (Å²) in [6.45, 7) is 0. The minimum absolute atomic E-state index is 0.466. The molecule has 2 nitrogen and oxygen atoms in total. The van der Waals surface area contributed by atoms with Crippen LogP contribution in [0, 0.1) is 5.92 Å². The molecule has 0 aromatic heterocycles. The van der Waals surface area contributed by atoms with E-state index in [0.717, 1.165) is 22.5 Å². The largest absolute Gasteiger partial charge is 0.334 e. The predicted octanol–water partition coefficient (Wildman–Crippen LogP) is 5.72. The lowest BCUT2D eigenvalue weighted by atomic mass is 9.86. The van der Waals surface area contributed by atoms with Crippen LogP contribution in [0.3, 0.4) is 0 Å². The van der Waals surface area contributed by atoms with Crippen LogP contribution in [0.4, 0.5) is 5.69 Å². The minimum atomic E-state index is 0.466. The highest BCUT2D eigenvalue weighted by atomic mass is 35.5. The normalized spacial score (nSPS) is 25.9. The molecule has 1 aliphatic carbocycles. The average molecular weight is 350 g/mol. The maximum atomic E-state index is 6.19. The third kappa shape index (κ3) is 3.22. The number of nitrogens with one attached hydrogen (secondary N) is 1. The summed E-state index contributed by atoms with van der Waals surface area (Å²) in [6.07, 6.45) is 5.14. The summed E-state index contributed by atoms with van der Waals surface area (Å²) < 4.78 is 0. The van der Waals surface area contributed by atoms with Gasteiger partial charge in [0.1, 0.15) is 0 Å². The van der Waals surface area contributed by atoms with Gasteiger partial charge in [-0.25, -0.2) is 0 Å². The van der Waals surface area contributed by atoms with E-state index in [-0.39, 0.29) is 0 Å². The van der Waals surface area contributed by atoms with Gasteiger partial charge in [-0.2, -0.15) is 0 Å². The lowest BCUT2D eigenvalue weighted by molar-refractivity contribution is 0.336. The zero-order valence-corrected chi connectivity index (χ0v) is 13.9. The van der Waals surface area contributed by atoms with Gasteiger partial charge >= 0.3 is 0 Å². The molecule has 0 radical (unpaired) electrons. The Bertz CT molecular complexity index is 547. The van der Waals surface area contributed by atoms with Gasteiger partial charge in [0, 0.05) is 5.75 Å². The van der Waals surface area contributed by atoms with E-state index >= 15 is 0 Å². The molecule has 2 atom stereocenters. The quantitative estimate of drug-likeness (QED) is 0.656. The molecule has 0 amide bonds. The van der Waals surface area contributed by atoms with Gasteiger partial charge in [0.25, 0.3) is 0 Å². The van der Waals surface area contributed by atoms with Crippen molar-refractivity contribution >= 4 is 57.4 Å². The molecule has 0 spiro atoms. The third-order valence-electron chi connectivity index (χ3n) is 3.84. The molecule has 1 fully saturated rings. The van der Waals surface area contributed by atoms with Gasteiger partial charge in [0.15, 0.2) is 5.17 Å². The second-order valence-electron chi connectivity index (χ2n) is 5.23. The van der Waals surface area contributed by atoms with E-state index in [1.54, 1.807) is 23.9 Å². The van der Waals surface area contributed by atoms with Gasteiger partial charge in [0.05, 0.1) is 26.8 Å². The molecular formula is C14H15Cl3N2S. The molecule has 2 unspecified atom stereocenters. The first-order valence-corrected chi connectivity index (χ1v) is 8.87. The fraction of sp³-hybridized carbons (Fsp3) is 0.500. The van der Waals surface area contributed by atoms with Gasteiger partial charge in [-0.1, -0.05) is 59.4 Å². The SMILES string of the molecule is Clc1cc(Cl)c(NC2=NC3CCCCC3CS2)cc1Cl. The molecule has 1 N–H and O–H groups in total. The van der Waals surface area contributed by atoms with E-state index < -0.39 is 0 Å². The summed E-state index contributed by atoms with van der Waals surface area (Å²) in [5.41, 5.74) is 0.765. The molecular weight excluding hydrogens is 335 g/mol. The molecule has 20 heavy (non-hydrogen) atoms. The summed E-state index contributed by atoms with van der Waals surface area (Å²) in [4.78, 5) is 4.83. The summed E-state index contributed by atoms with van der Waals surface area (Å²) in [5.74, 6) is 1.87. The molecule has 1 heterocycles. The number of benzene rings is 1. The number of hydrogen-bond acceptors (Lipinski definition) is 3. The van der Waals surface area contributed by atoms with Crippen molar-refractivity contribution < 1.29 is 0 Å². The van der Waals surface area contributed by atoms with E-state index in [1.807, 2.05) is 0 Å². The first-order valence-electron chi connectivity index (χ1n) is 6.75. The van der Waals surface area contributed by atoms with Crippen LogP contribution in [0.5, 0.6) is 0 Å². The maximum absolute atomic E-state index is 6.19. The van der Waals surface area contributed by atoms with Crippen molar-refractivity contribution in [3.8, 4) is 0 Å². The van der Waals surface area contributed by atoms with E-state index in [0.29, 0.717) is 21.1 Å². The number of halogens is 3. The van der Waals surface area contributed by atoms with Crippen LogP contribution < -0.4 is 5.32 Å². The number of rotatable bonds is 1. The van der Waals surface area contributed by atoms with Crippen LogP contribution in [0.25, 0.3) is 0 Å². The van der Waals surface area contributed by atoms with Gasteiger partial charge in [0.2, 0.25) is 0 Å². The van der Waals surface area contributed by atoms with Crippen molar-refractivity contribution in [3.05, 3.63) is 27.2 Å². The van der Waals surface area contributed by atoms with Crippen molar-refractivity contribution in [1.29, 1.82) is 0 Å². The molecule has 3 rings (SSSR count). The fourth-order valence-electron chi connectivity index (χ4n) is 2.73. The molecule has 108 valence electrons. The van der Waals surface area contributed by atoms with Crippen molar-refractivity contribution in [2.45, 2.75) is 31.7 Å². The van der Waals surface area contributed by atoms with Crippen molar-refractivity contribution in [2.24, 2.45) is 10.9 Å². The number of hydrogen-bond donors (Lipinski definition) is 1. The summed E-state index contributed by atoms with van der Waals surface area (Å²) in [5, 5.41) is 5.75. The van der Waals surface area contributed by atoms with Gasteiger partial charge in [-0.05, 0) is 30.9 Å². The average Bonchev–Trinajstić information content (AvgIpc) is 2.44. The molecule has 0 bridgehead atoms. The number of thioether (sulfide) groups is 1. The standard InChI is InChI=1S/C14H15Cl3N2S/c15-9-5-11(17)13(6-10(9)16)19-14-18-12-4-2-1-3-8(12)7-20-14/h5-6,8,12H,1-4,7H2,(H,18,19). The summed E-state index contributed by atoms with van der Waals surface area (Å²) >= 11 is 19.9. The topological polar surface area (TPSA) is 24.4 Å². The van der Waals surface area contributed by atoms with E-state index in [1.165, 1.54) is 25.7 Å². The lowest BCUT2D eigenvalue weighted by Crippen LogP contribution is -2.31. The van der Waals surface area contributed by atoms with E-state index in [9.17, 15) is 0 Å². The van der Waals surface area contributed by atoms with Crippen LogP contribution in [0.15, 0.2) is 17.1 Å². The number of anilines is 1. The molecule has 1 saturated carbocycles. The molecule has 1 aromatic carbocycles. The smallest absolute Gasteiger partial charge is 0.161 e. The fourth-order valence-corrected chi connectivity index (χ4v) is 4.48. The zero-order valence-electron chi connectivity index (χ0n) is 10.8. The zero-order chi connectivity index (χ0) is 14.1. The Balaban J connectivity index is 1.78. The van der Waals surface area contributed by atoms with Crippen molar-refractivity contribution in [2.75, 3.05) is 11.1 Å². The molecule has 2 aliphatic rings. The molecule has 1 aliphatic heterocycles. The first kappa shape index (κ1) is 14.8.